The SMILES string of the molecule is Cc1cc(N2CCOCC2)nc(Nc2ccc(NC(=O)c3cnoc3C)cc2)n1. The van der Waals surface area contributed by atoms with E-state index in [1.165, 1.54) is 6.20 Å². The summed E-state index contributed by atoms with van der Waals surface area (Å²) in [5.74, 6) is 1.63. The smallest absolute Gasteiger partial charge is 0.260 e. The van der Waals surface area contributed by atoms with Crippen LogP contribution in [0.3, 0.4) is 0 Å². The van der Waals surface area contributed by atoms with Crippen LogP contribution in [0.25, 0.3) is 0 Å². The lowest BCUT2D eigenvalue weighted by Gasteiger charge is -2.28. The third kappa shape index (κ3) is 4.52. The van der Waals surface area contributed by atoms with Gasteiger partial charge in [0.15, 0.2) is 0 Å². The molecule has 9 nitrogen and oxygen atoms in total. The van der Waals surface area contributed by atoms with Crippen LogP contribution in [0, 0.1) is 13.8 Å². The van der Waals surface area contributed by atoms with Crippen LogP contribution in [0.5, 0.6) is 0 Å². The maximum Gasteiger partial charge on any atom is 0.260 e. The summed E-state index contributed by atoms with van der Waals surface area (Å²) < 4.78 is 10.3. The summed E-state index contributed by atoms with van der Waals surface area (Å²) in [6, 6.07) is 9.30. The number of aromatic nitrogens is 3. The predicted molar refractivity (Wildman–Crippen MR) is 109 cm³/mol. The highest BCUT2D eigenvalue weighted by molar-refractivity contribution is 6.04. The van der Waals surface area contributed by atoms with Gasteiger partial charge in [0.1, 0.15) is 17.1 Å². The van der Waals surface area contributed by atoms with Crippen molar-refractivity contribution in [1.82, 2.24) is 15.1 Å². The van der Waals surface area contributed by atoms with Crippen molar-refractivity contribution in [1.29, 1.82) is 0 Å². The topological polar surface area (TPSA) is 105 Å². The first-order chi connectivity index (χ1) is 14.1. The van der Waals surface area contributed by atoms with E-state index in [4.69, 9.17) is 9.26 Å². The summed E-state index contributed by atoms with van der Waals surface area (Å²) in [6.45, 7) is 6.68. The summed E-state index contributed by atoms with van der Waals surface area (Å²) in [5.41, 5.74) is 2.79. The maximum absolute atomic E-state index is 12.2. The molecule has 0 spiro atoms. The van der Waals surface area contributed by atoms with E-state index in [9.17, 15) is 4.79 Å². The number of carbonyl (C=O) groups is 1. The third-order valence-corrected chi connectivity index (χ3v) is 4.57. The summed E-state index contributed by atoms with van der Waals surface area (Å²) in [6.07, 6.45) is 1.40. The summed E-state index contributed by atoms with van der Waals surface area (Å²) in [4.78, 5) is 23.5. The molecule has 4 rings (SSSR count). The van der Waals surface area contributed by atoms with Crippen LogP contribution in [-0.4, -0.2) is 47.3 Å². The summed E-state index contributed by atoms with van der Waals surface area (Å²) in [7, 11) is 0. The van der Waals surface area contributed by atoms with Gasteiger partial charge in [-0.05, 0) is 38.1 Å². The number of amides is 1. The molecule has 0 aliphatic carbocycles. The molecular weight excluding hydrogens is 372 g/mol. The van der Waals surface area contributed by atoms with E-state index in [1.54, 1.807) is 6.92 Å². The largest absolute Gasteiger partial charge is 0.378 e. The number of hydrogen-bond donors (Lipinski definition) is 2. The van der Waals surface area contributed by atoms with E-state index >= 15 is 0 Å². The molecule has 29 heavy (non-hydrogen) atoms. The average molecular weight is 394 g/mol. The Hall–Kier alpha value is -3.46. The van der Waals surface area contributed by atoms with E-state index in [0.29, 0.717) is 36.2 Å². The minimum Gasteiger partial charge on any atom is -0.378 e. The predicted octanol–water partition coefficient (Wildman–Crippen LogP) is 2.91. The Morgan fingerprint density at radius 1 is 1.07 bits per heavy atom. The van der Waals surface area contributed by atoms with Gasteiger partial charge in [-0.2, -0.15) is 4.98 Å². The molecule has 0 unspecified atom stereocenters. The van der Waals surface area contributed by atoms with Gasteiger partial charge < -0.3 is 24.8 Å². The lowest BCUT2D eigenvalue weighted by Crippen LogP contribution is -2.36. The molecule has 0 atom stereocenters. The van der Waals surface area contributed by atoms with Crippen LogP contribution >= 0.6 is 0 Å². The minimum absolute atomic E-state index is 0.262. The molecule has 1 aliphatic heterocycles. The normalized spacial score (nSPS) is 13.9. The van der Waals surface area contributed by atoms with E-state index in [-0.39, 0.29) is 5.91 Å². The molecule has 150 valence electrons. The van der Waals surface area contributed by atoms with E-state index in [0.717, 1.165) is 30.3 Å². The van der Waals surface area contributed by atoms with E-state index < -0.39 is 0 Å². The van der Waals surface area contributed by atoms with Crippen molar-refractivity contribution < 1.29 is 14.1 Å². The number of rotatable bonds is 5. The fourth-order valence-corrected chi connectivity index (χ4v) is 3.04. The van der Waals surface area contributed by atoms with Gasteiger partial charge in [-0.3, -0.25) is 4.79 Å². The Morgan fingerprint density at radius 3 is 2.48 bits per heavy atom. The van der Waals surface area contributed by atoms with E-state index in [2.05, 4.69) is 30.7 Å². The average Bonchev–Trinajstić information content (AvgIpc) is 3.16. The second kappa shape index (κ2) is 8.27. The lowest BCUT2D eigenvalue weighted by atomic mass is 10.2. The highest BCUT2D eigenvalue weighted by Crippen LogP contribution is 2.21. The number of nitrogens with zero attached hydrogens (tertiary/aromatic N) is 4. The van der Waals surface area contributed by atoms with Gasteiger partial charge in [0.2, 0.25) is 5.95 Å². The van der Waals surface area contributed by atoms with Gasteiger partial charge in [-0.25, -0.2) is 4.98 Å². The molecule has 0 radical (unpaired) electrons. The van der Waals surface area contributed by atoms with Gasteiger partial charge in [0.25, 0.3) is 5.91 Å². The molecule has 9 heteroatoms. The molecule has 2 N–H and O–H groups in total. The second-order valence-electron chi connectivity index (χ2n) is 6.74. The van der Waals surface area contributed by atoms with E-state index in [1.807, 2.05) is 37.3 Å². The molecule has 3 heterocycles. The zero-order chi connectivity index (χ0) is 20.2. The maximum atomic E-state index is 12.2. The van der Waals surface area contributed by atoms with Crippen molar-refractivity contribution in [2.24, 2.45) is 0 Å². The molecule has 1 saturated heterocycles. The molecule has 1 fully saturated rings. The number of nitrogens with one attached hydrogen (secondary N) is 2. The first-order valence-corrected chi connectivity index (χ1v) is 9.36. The summed E-state index contributed by atoms with van der Waals surface area (Å²) >= 11 is 0. The van der Waals surface area contributed by atoms with Crippen molar-refractivity contribution in [2.75, 3.05) is 41.8 Å². The number of ether oxygens (including phenoxy) is 1. The zero-order valence-corrected chi connectivity index (χ0v) is 16.3. The van der Waals surface area contributed by atoms with Crippen LogP contribution in [0.1, 0.15) is 21.8 Å². The van der Waals surface area contributed by atoms with Crippen LogP contribution < -0.4 is 15.5 Å². The van der Waals surface area contributed by atoms with Crippen molar-refractivity contribution in [3.63, 3.8) is 0 Å². The Morgan fingerprint density at radius 2 is 1.79 bits per heavy atom. The standard InChI is InChI=1S/C20H22N6O3/c1-13-11-18(26-7-9-28-10-8-26)25-20(22-13)24-16-5-3-15(4-6-16)23-19(27)17-12-21-29-14(17)2/h3-6,11-12H,7-10H2,1-2H3,(H,23,27)(H,22,24,25). The van der Waals surface area contributed by atoms with Gasteiger partial charge in [0, 0.05) is 36.2 Å². The highest BCUT2D eigenvalue weighted by Gasteiger charge is 2.15. The number of benzene rings is 1. The fourth-order valence-electron chi connectivity index (χ4n) is 3.04. The Balaban J connectivity index is 1.44. The highest BCUT2D eigenvalue weighted by atomic mass is 16.5. The van der Waals surface area contributed by atoms with Crippen molar-refractivity contribution in [3.8, 4) is 0 Å². The molecule has 1 amide bonds. The van der Waals surface area contributed by atoms with Gasteiger partial charge in [-0.15, -0.1) is 0 Å². The molecule has 0 saturated carbocycles. The van der Waals surface area contributed by atoms with Crippen LogP contribution in [0.15, 0.2) is 41.1 Å². The Bertz CT molecular complexity index is 996. The number of morpholine rings is 1. The van der Waals surface area contributed by atoms with Crippen molar-refractivity contribution in [3.05, 3.63) is 53.5 Å². The minimum atomic E-state index is -0.262. The zero-order valence-electron chi connectivity index (χ0n) is 16.3. The van der Waals surface area contributed by atoms with Crippen LogP contribution in [-0.2, 0) is 4.74 Å². The molecule has 2 aromatic heterocycles. The number of hydrogen-bond acceptors (Lipinski definition) is 8. The van der Waals surface area contributed by atoms with Gasteiger partial charge in [0.05, 0.1) is 19.4 Å². The quantitative estimate of drug-likeness (QED) is 0.680. The number of aryl methyl sites for hydroxylation is 2. The Kier molecular flexibility index (Phi) is 5.39. The molecular formula is C20H22N6O3. The van der Waals surface area contributed by atoms with Crippen molar-refractivity contribution in [2.45, 2.75) is 13.8 Å². The Labute approximate surface area is 168 Å². The molecule has 0 bridgehead atoms. The molecule has 1 aliphatic rings. The molecule has 1 aromatic carbocycles. The number of anilines is 4. The first kappa shape index (κ1) is 18.9. The molecule has 3 aromatic rings. The second-order valence-corrected chi connectivity index (χ2v) is 6.74. The van der Waals surface area contributed by atoms with Gasteiger partial charge >= 0.3 is 0 Å². The van der Waals surface area contributed by atoms with Gasteiger partial charge in [-0.1, -0.05) is 5.16 Å². The first-order valence-electron chi connectivity index (χ1n) is 9.36. The van der Waals surface area contributed by atoms with Crippen LogP contribution in [0.4, 0.5) is 23.1 Å². The summed E-state index contributed by atoms with van der Waals surface area (Å²) in [5, 5.41) is 9.67. The lowest BCUT2D eigenvalue weighted by molar-refractivity contribution is 0.102. The monoisotopic (exact) mass is 394 g/mol. The van der Waals surface area contributed by atoms with Crippen molar-refractivity contribution >= 4 is 29.0 Å². The van der Waals surface area contributed by atoms with Crippen LogP contribution in [0.2, 0.25) is 0 Å². The number of carbonyl (C=O) groups excluding carboxylic acids is 1. The fraction of sp³-hybridized carbons (Fsp3) is 0.300. The third-order valence-electron chi connectivity index (χ3n) is 4.57.